The summed E-state index contributed by atoms with van der Waals surface area (Å²) < 4.78 is 0. The molecule has 170 valence electrons. The molecule has 0 saturated carbocycles. The first-order chi connectivity index (χ1) is 16.1. The quantitative estimate of drug-likeness (QED) is 0.605. The number of nitrogens with one attached hydrogen (secondary N) is 1. The Morgan fingerprint density at radius 2 is 1.73 bits per heavy atom. The highest BCUT2D eigenvalue weighted by Crippen LogP contribution is 2.27. The van der Waals surface area contributed by atoms with E-state index in [1.165, 1.54) is 12.4 Å². The summed E-state index contributed by atoms with van der Waals surface area (Å²) in [4.78, 5) is 38.8. The molecule has 1 atom stereocenters. The van der Waals surface area contributed by atoms with E-state index in [4.69, 9.17) is 0 Å². The molecule has 2 amide bonds. The van der Waals surface area contributed by atoms with Gasteiger partial charge in [-0.15, -0.1) is 0 Å². The van der Waals surface area contributed by atoms with Crippen LogP contribution in [-0.2, 0) is 11.2 Å². The molecule has 33 heavy (non-hydrogen) atoms. The molecular formula is C26H29N5O2. The highest BCUT2D eigenvalue weighted by atomic mass is 16.2. The van der Waals surface area contributed by atoms with Crippen molar-refractivity contribution in [3.8, 4) is 11.1 Å². The summed E-state index contributed by atoms with van der Waals surface area (Å²) in [6.45, 7) is 3.77. The van der Waals surface area contributed by atoms with Crippen molar-refractivity contribution in [2.75, 3.05) is 32.0 Å². The van der Waals surface area contributed by atoms with E-state index in [9.17, 15) is 9.59 Å². The lowest BCUT2D eigenvalue weighted by atomic mass is 9.93. The van der Waals surface area contributed by atoms with Gasteiger partial charge in [-0.05, 0) is 23.1 Å². The van der Waals surface area contributed by atoms with Crippen molar-refractivity contribution in [2.45, 2.75) is 25.8 Å². The summed E-state index contributed by atoms with van der Waals surface area (Å²) in [6, 6.07) is 17.6. The number of hydrogen-bond donors (Lipinski definition) is 1. The zero-order valence-electron chi connectivity index (χ0n) is 19.1. The molecule has 7 heteroatoms. The van der Waals surface area contributed by atoms with Crippen LogP contribution in [0, 0.1) is 0 Å². The van der Waals surface area contributed by atoms with Crippen LogP contribution in [0.4, 0.5) is 5.95 Å². The van der Waals surface area contributed by atoms with Gasteiger partial charge in [0.05, 0.1) is 5.56 Å². The second kappa shape index (κ2) is 10.3. The van der Waals surface area contributed by atoms with E-state index in [2.05, 4.69) is 40.4 Å². The minimum absolute atomic E-state index is 0.00734. The second-order valence-corrected chi connectivity index (χ2v) is 8.11. The summed E-state index contributed by atoms with van der Waals surface area (Å²) in [6.07, 6.45) is 4.36. The largest absolute Gasteiger partial charge is 0.357 e. The molecular weight excluding hydrogens is 414 g/mol. The van der Waals surface area contributed by atoms with Gasteiger partial charge in [0.25, 0.3) is 5.91 Å². The summed E-state index contributed by atoms with van der Waals surface area (Å²) in [5, 5.41) is 2.85. The lowest BCUT2D eigenvalue weighted by Crippen LogP contribution is -2.59. The molecule has 7 nitrogen and oxygen atoms in total. The number of piperazine rings is 1. The Morgan fingerprint density at radius 1 is 1.03 bits per heavy atom. The van der Waals surface area contributed by atoms with Crippen LogP contribution < -0.4 is 5.32 Å². The van der Waals surface area contributed by atoms with Gasteiger partial charge < -0.3 is 15.1 Å². The van der Waals surface area contributed by atoms with E-state index in [0.717, 1.165) is 23.1 Å². The molecule has 1 aromatic heterocycles. The second-order valence-electron chi connectivity index (χ2n) is 8.11. The van der Waals surface area contributed by atoms with Crippen LogP contribution in [0.1, 0.15) is 29.3 Å². The lowest BCUT2D eigenvalue weighted by molar-refractivity contribution is -0.140. The van der Waals surface area contributed by atoms with Crippen LogP contribution in [0.3, 0.4) is 0 Å². The van der Waals surface area contributed by atoms with Gasteiger partial charge in [-0.1, -0.05) is 61.5 Å². The molecule has 0 aliphatic carbocycles. The number of rotatable bonds is 7. The average molecular weight is 444 g/mol. The van der Waals surface area contributed by atoms with E-state index >= 15 is 0 Å². The first-order valence-corrected chi connectivity index (χ1v) is 11.3. The highest BCUT2D eigenvalue weighted by Gasteiger charge is 2.38. The van der Waals surface area contributed by atoms with Crippen molar-refractivity contribution in [3.63, 3.8) is 0 Å². The Labute approximate surface area is 194 Å². The number of aromatic nitrogens is 2. The first-order valence-electron chi connectivity index (χ1n) is 11.3. The van der Waals surface area contributed by atoms with Crippen molar-refractivity contribution in [1.29, 1.82) is 0 Å². The predicted octanol–water partition coefficient (Wildman–Crippen LogP) is 3.49. The van der Waals surface area contributed by atoms with Gasteiger partial charge in [0.15, 0.2) is 0 Å². The van der Waals surface area contributed by atoms with Gasteiger partial charge in [0.1, 0.15) is 6.04 Å². The molecule has 0 unspecified atom stereocenters. The van der Waals surface area contributed by atoms with Crippen LogP contribution in [0.15, 0.2) is 67.0 Å². The number of benzene rings is 2. The molecule has 1 N–H and O–H groups in total. The Morgan fingerprint density at radius 3 is 2.42 bits per heavy atom. The van der Waals surface area contributed by atoms with Crippen LogP contribution in [0.25, 0.3) is 11.1 Å². The van der Waals surface area contributed by atoms with E-state index in [1.54, 1.807) is 11.9 Å². The standard InChI is InChI=1S/C26H29N5O2/c1-3-13-30-14-15-31(24(32)21-17-28-26(27-2)29-18-21)23(25(30)33)16-20-11-7-8-12-22(20)19-9-5-4-6-10-19/h4-12,17-18,23H,3,13-16H2,1-2H3,(H,27,28,29)/t23-/m0/s1. The van der Waals surface area contributed by atoms with Crippen molar-refractivity contribution in [2.24, 2.45) is 0 Å². The van der Waals surface area contributed by atoms with Crippen molar-refractivity contribution in [1.82, 2.24) is 19.8 Å². The highest BCUT2D eigenvalue weighted by molar-refractivity contribution is 5.98. The van der Waals surface area contributed by atoms with Crippen LogP contribution in [0.2, 0.25) is 0 Å². The van der Waals surface area contributed by atoms with Gasteiger partial charge >= 0.3 is 0 Å². The summed E-state index contributed by atoms with van der Waals surface area (Å²) in [7, 11) is 1.72. The van der Waals surface area contributed by atoms with Crippen molar-refractivity contribution in [3.05, 3.63) is 78.1 Å². The molecule has 0 bridgehead atoms. The minimum Gasteiger partial charge on any atom is -0.357 e. The van der Waals surface area contributed by atoms with Gasteiger partial charge in [-0.25, -0.2) is 9.97 Å². The average Bonchev–Trinajstić information content (AvgIpc) is 2.87. The summed E-state index contributed by atoms with van der Waals surface area (Å²) in [5.74, 6) is 0.222. The normalized spacial score (nSPS) is 16.1. The Hall–Kier alpha value is -3.74. The molecule has 2 aromatic carbocycles. The monoisotopic (exact) mass is 443 g/mol. The maximum absolute atomic E-state index is 13.5. The Balaban J connectivity index is 1.67. The Bertz CT molecular complexity index is 1100. The third-order valence-corrected chi connectivity index (χ3v) is 5.98. The number of nitrogens with zero attached hydrogens (tertiary/aromatic N) is 4. The number of carbonyl (C=O) groups is 2. The van der Waals surface area contributed by atoms with E-state index in [0.29, 0.717) is 37.6 Å². The SMILES string of the molecule is CCCN1CCN(C(=O)c2cnc(NC)nc2)[C@@H](Cc2ccccc2-c2ccccc2)C1=O. The van der Waals surface area contributed by atoms with Gasteiger partial charge in [0, 0.05) is 45.5 Å². The van der Waals surface area contributed by atoms with Gasteiger partial charge in [0.2, 0.25) is 11.9 Å². The number of hydrogen-bond acceptors (Lipinski definition) is 5. The maximum atomic E-state index is 13.5. The fourth-order valence-corrected chi connectivity index (χ4v) is 4.31. The fraction of sp³-hybridized carbons (Fsp3) is 0.308. The minimum atomic E-state index is -0.577. The Kier molecular flexibility index (Phi) is 6.98. The topological polar surface area (TPSA) is 78.4 Å². The molecule has 1 saturated heterocycles. The molecule has 4 rings (SSSR count). The smallest absolute Gasteiger partial charge is 0.257 e. The van der Waals surface area contributed by atoms with Crippen LogP contribution >= 0.6 is 0 Å². The van der Waals surface area contributed by atoms with Crippen LogP contribution in [-0.4, -0.2) is 64.3 Å². The maximum Gasteiger partial charge on any atom is 0.257 e. The molecule has 0 radical (unpaired) electrons. The van der Waals surface area contributed by atoms with E-state index in [1.807, 2.05) is 41.3 Å². The molecule has 1 aliphatic heterocycles. The predicted molar refractivity (Wildman–Crippen MR) is 129 cm³/mol. The lowest BCUT2D eigenvalue weighted by Gasteiger charge is -2.41. The zero-order chi connectivity index (χ0) is 23.2. The summed E-state index contributed by atoms with van der Waals surface area (Å²) >= 11 is 0. The van der Waals surface area contributed by atoms with E-state index in [-0.39, 0.29) is 11.8 Å². The molecule has 0 spiro atoms. The number of carbonyl (C=O) groups excluding carboxylic acids is 2. The fourth-order valence-electron chi connectivity index (χ4n) is 4.31. The van der Waals surface area contributed by atoms with Gasteiger partial charge in [-0.2, -0.15) is 0 Å². The first kappa shape index (κ1) is 22.5. The molecule has 1 aliphatic rings. The molecule has 2 heterocycles. The van der Waals surface area contributed by atoms with Crippen LogP contribution in [0.5, 0.6) is 0 Å². The zero-order valence-corrected chi connectivity index (χ0v) is 19.1. The number of anilines is 1. The van der Waals surface area contributed by atoms with E-state index < -0.39 is 6.04 Å². The van der Waals surface area contributed by atoms with Crippen molar-refractivity contribution >= 4 is 17.8 Å². The molecule has 1 fully saturated rings. The summed E-state index contributed by atoms with van der Waals surface area (Å²) in [5.41, 5.74) is 3.59. The number of amides is 2. The van der Waals surface area contributed by atoms with Crippen molar-refractivity contribution < 1.29 is 9.59 Å². The third-order valence-electron chi connectivity index (χ3n) is 5.98. The molecule has 3 aromatic rings. The third kappa shape index (κ3) is 4.87. The van der Waals surface area contributed by atoms with Gasteiger partial charge in [-0.3, -0.25) is 9.59 Å².